The Hall–Kier alpha value is -4.89. The molecule has 4 heterocycles. The topological polar surface area (TPSA) is 21.2 Å². The Bertz CT molecular complexity index is 2340. The zero-order valence-electron chi connectivity index (χ0n) is 20.7. The van der Waals surface area contributed by atoms with Crippen LogP contribution in [-0.2, 0) is 0 Å². The summed E-state index contributed by atoms with van der Waals surface area (Å²) in [5, 5.41) is 7.69. The van der Waals surface area contributed by atoms with E-state index < -0.39 is 0 Å². The lowest BCUT2D eigenvalue weighted by atomic mass is 9.95. The van der Waals surface area contributed by atoms with Crippen molar-refractivity contribution < 1.29 is 0 Å². The maximum atomic E-state index is 4.52. The summed E-state index contributed by atoms with van der Waals surface area (Å²) in [6.45, 7) is 0. The monoisotopic (exact) mass is 485 g/mol. The van der Waals surface area contributed by atoms with E-state index in [4.69, 9.17) is 0 Å². The summed E-state index contributed by atoms with van der Waals surface area (Å²) in [5.74, 6) is 0. The van der Waals surface area contributed by atoms with Crippen LogP contribution >= 0.6 is 0 Å². The van der Waals surface area contributed by atoms with Crippen LogP contribution in [0, 0.1) is 0 Å². The van der Waals surface area contributed by atoms with Crippen LogP contribution in [0.15, 0.2) is 114 Å². The molecule has 1 aliphatic heterocycles. The van der Waals surface area contributed by atoms with E-state index in [2.05, 4.69) is 117 Å². The van der Waals surface area contributed by atoms with Gasteiger partial charge < -0.3 is 8.80 Å². The highest BCUT2D eigenvalue weighted by Crippen LogP contribution is 2.42. The lowest BCUT2D eigenvalue weighted by Crippen LogP contribution is -1.95. The summed E-state index contributed by atoms with van der Waals surface area (Å²) in [5.41, 5.74) is 9.98. The third-order valence-corrected chi connectivity index (χ3v) is 8.37. The standard InChI is InChI=1S/C35H23N3/c1-3-14-30-24(10-1)26-12-7-13-27-29-20-23(22-9-8-18-36-21-22)19-28-25-11-2-4-15-31(25)38(35(28)29)33-17-6-5-16-32(33)37(30)34(26)27/h1-7,10-21H,8-9H2. The van der Waals surface area contributed by atoms with Gasteiger partial charge in [-0.25, -0.2) is 0 Å². The highest BCUT2D eigenvalue weighted by molar-refractivity contribution is 6.25. The third kappa shape index (κ3) is 2.51. The minimum Gasteiger partial charge on any atom is -0.307 e. The first-order valence-electron chi connectivity index (χ1n) is 13.3. The number of hydrogen-bond acceptors (Lipinski definition) is 1. The minimum absolute atomic E-state index is 0.984. The number of allylic oxidation sites excluding steroid dienone is 1. The van der Waals surface area contributed by atoms with E-state index in [1.54, 1.807) is 0 Å². The van der Waals surface area contributed by atoms with E-state index in [0.29, 0.717) is 0 Å². The van der Waals surface area contributed by atoms with Crippen molar-refractivity contribution in [3.05, 3.63) is 115 Å². The van der Waals surface area contributed by atoms with Crippen molar-refractivity contribution in [2.75, 3.05) is 0 Å². The third-order valence-electron chi connectivity index (χ3n) is 8.37. The average molecular weight is 486 g/mol. The molecule has 5 aromatic carbocycles. The molecule has 0 saturated carbocycles. The van der Waals surface area contributed by atoms with Gasteiger partial charge in [-0.3, -0.25) is 4.99 Å². The number of aromatic nitrogens is 2. The van der Waals surface area contributed by atoms with Gasteiger partial charge in [0.15, 0.2) is 0 Å². The molecule has 1 aliphatic rings. The van der Waals surface area contributed by atoms with Gasteiger partial charge in [0.1, 0.15) is 0 Å². The maximum Gasteiger partial charge on any atom is 0.0703 e. The second kappa shape index (κ2) is 7.33. The van der Waals surface area contributed by atoms with E-state index in [0.717, 1.165) is 12.8 Å². The molecule has 0 saturated heterocycles. The van der Waals surface area contributed by atoms with Gasteiger partial charge in [0.2, 0.25) is 0 Å². The smallest absolute Gasteiger partial charge is 0.0703 e. The molecular formula is C35H23N3. The number of aliphatic imine (C=N–C) groups is 1. The fourth-order valence-corrected chi connectivity index (χ4v) is 6.79. The average Bonchev–Trinajstić information content (AvgIpc) is 3.49. The predicted octanol–water partition coefficient (Wildman–Crippen LogP) is 9.16. The molecule has 3 heteroatoms. The summed E-state index contributed by atoms with van der Waals surface area (Å²) in [6, 6.07) is 38.1. The van der Waals surface area contributed by atoms with Crippen LogP contribution in [0.4, 0.5) is 0 Å². The molecule has 8 aromatic rings. The molecule has 0 N–H and O–H groups in total. The first-order valence-corrected chi connectivity index (χ1v) is 13.3. The van der Waals surface area contributed by atoms with E-state index in [1.807, 2.05) is 12.4 Å². The first kappa shape index (κ1) is 20.2. The molecule has 0 aliphatic carbocycles. The summed E-state index contributed by atoms with van der Waals surface area (Å²) in [4.78, 5) is 4.52. The molecule has 0 amide bonds. The summed E-state index contributed by atoms with van der Waals surface area (Å²) >= 11 is 0. The zero-order valence-corrected chi connectivity index (χ0v) is 20.7. The zero-order chi connectivity index (χ0) is 24.8. The fraction of sp³-hybridized carbons (Fsp3) is 0.0571. The molecule has 0 fully saturated rings. The van der Waals surface area contributed by atoms with E-state index in [-0.39, 0.29) is 0 Å². The lowest BCUT2D eigenvalue weighted by Gasteiger charge is -2.13. The Morgan fingerprint density at radius 3 is 1.63 bits per heavy atom. The van der Waals surface area contributed by atoms with Crippen LogP contribution in [0.1, 0.15) is 18.4 Å². The van der Waals surface area contributed by atoms with Gasteiger partial charge >= 0.3 is 0 Å². The molecule has 3 aromatic heterocycles. The van der Waals surface area contributed by atoms with E-state index >= 15 is 0 Å². The Morgan fingerprint density at radius 2 is 1.00 bits per heavy atom. The van der Waals surface area contributed by atoms with Gasteiger partial charge in [-0.1, -0.05) is 66.7 Å². The van der Waals surface area contributed by atoms with Crippen LogP contribution in [0.5, 0.6) is 0 Å². The van der Waals surface area contributed by atoms with Crippen molar-refractivity contribution in [2.45, 2.75) is 12.8 Å². The molecule has 0 radical (unpaired) electrons. The van der Waals surface area contributed by atoms with Crippen molar-refractivity contribution in [1.82, 2.24) is 8.80 Å². The Morgan fingerprint density at radius 1 is 0.500 bits per heavy atom. The van der Waals surface area contributed by atoms with Crippen molar-refractivity contribution in [3.63, 3.8) is 0 Å². The van der Waals surface area contributed by atoms with Crippen molar-refractivity contribution >= 4 is 77.2 Å². The second-order valence-electron chi connectivity index (χ2n) is 10.3. The molecule has 38 heavy (non-hydrogen) atoms. The minimum atomic E-state index is 0.984. The summed E-state index contributed by atoms with van der Waals surface area (Å²) < 4.78 is 4.97. The van der Waals surface area contributed by atoms with Gasteiger partial charge in [0.25, 0.3) is 0 Å². The number of fused-ring (bicyclic) bond motifs is 10. The van der Waals surface area contributed by atoms with Gasteiger partial charge in [-0.05, 0) is 60.4 Å². The SMILES string of the molecule is C1=NC=C(c2cc3c4ccccc4n4c5ccccc5n5c6ccccc6c6cccc(c(c2)c34)c65)CC1. The number of nitrogens with zero attached hydrogens (tertiary/aromatic N) is 3. The van der Waals surface area contributed by atoms with Crippen molar-refractivity contribution in [3.8, 4) is 0 Å². The molecular weight excluding hydrogens is 462 g/mol. The quantitative estimate of drug-likeness (QED) is 0.221. The van der Waals surface area contributed by atoms with Crippen LogP contribution in [0.3, 0.4) is 0 Å². The molecule has 3 nitrogen and oxygen atoms in total. The largest absolute Gasteiger partial charge is 0.307 e. The first-order chi connectivity index (χ1) is 18.9. The number of para-hydroxylation sites is 5. The Kier molecular flexibility index (Phi) is 3.90. The summed E-state index contributed by atoms with van der Waals surface area (Å²) in [7, 11) is 0. The van der Waals surface area contributed by atoms with E-state index in [1.165, 1.54) is 76.6 Å². The fourth-order valence-electron chi connectivity index (χ4n) is 6.79. The molecule has 0 spiro atoms. The molecule has 0 bridgehead atoms. The van der Waals surface area contributed by atoms with Crippen LogP contribution in [0.2, 0.25) is 0 Å². The molecule has 0 unspecified atom stereocenters. The highest BCUT2D eigenvalue weighted by atomic mass is 15.0. The number of benzene rings is 5. The predicted molar refractivity (Wildman–Crippen MR) is 162 cm³/mol. The summed E-state index contributed by atoms with van der Waals surface area (Å²) in [6.07, 6.45) is 6.06. The highest BCUT2D eigenvalue weighted by Gasteiger charge is 2.20. The van der Waals surface area contributed by atoms with Crippen LogP contribution in [0.25, 0.3) is 71.0 Å². The normalized spacial score (nSPS) is 14.2. The Balaban J connectivity index is 1.70. The lowest BCUT2D eigenvalue weighted by molar-refractivity contribution is 1.10. The number of hydrogen-bond donors (Lipinski definition) is 0. The van der Waals surface area contributed by atoms with Gasteiger partial charge in [0, 0.05) is 44.7 Å². The van der Waals surface area contributed by atoms with E-state index in [9.17, 15) is 0 Å². The maximum absolute atomic E-state index is 4.52. The van der Waals surface area contributed by atoms with Crippen LogP contribution < -0.4 is 0 Å². The van der Waals surface area contributed by atoms with Gasteiger partial charge in [-0.2, -0.15) is 0 Å². The molecule has 178 valence electrons. The van der Waals surface area contributed by atoms with Gasteiger partial charge in [0.05, 0.1) is 33.1 Å². The van der Waals surface area contributed by atoms with Crippen molar-refractivity contribution in [1.29, 1.82) is 0 Å². The second-order valence-corrected chi connectivity index (χ2v) is 10.3. The number of rotatable bonds is 1. The Labute approximate surface area is 218 Å². The molecule has 0 atom stereocenters. The molecule has 9 rings (SSSR count). The van der Waals surface area contributed by atoms with Crippen molar-refractivity contribution in [2.24, 2.45) is 4.99 Å². The van der Waals surface area contributed by atoms with Crippen LogP contribution in [-0.4, -0.2) is 15.0 Å². The van der Waals surface area contributed by atoms with Gasteiger partial charge in [-0.15, -0.1) is 0 Å².